The molecule has 0 radical (unpaired) electrons. The topological polar surface area (TPSA) is 56.3 Å². The quantitative estimate of drug-likeness (QED) is 0.591. The molecule has 0 saturated carbocycles. The Bertz CT molecular complexity index is 787. The fourth-order valence-electron chi connectivity index (χ4n) is 1.87. The van der Waals surface area contributed by atoms with Crippen molar-refractivity contribution in [2.45, 2.75) is 31.6 Å². The Hall–Kier alpha value is -1.30. The second-order valence-electron chi connectivity index (χ2n) is 5.15. The van der Waals surface area contributed by atoms with E-state index in [1.807, 2.05) is 13.8 Å². The summed E-state index contributed by atoms with van der Waals surface area (Å²) in [5, 5.41) is 0.783. The summed E-state index contributed by atoms with van der Waals surface area (Å²) in [6.07, 6.45) is 1.16. The Labute approximate surface area is 140 Å². The van der Waals surface area contributed by atoms with E-state index in [9.17, 15) is 8.42 Å². The van der Waals surface area contributed by atoms with E-state index in [1.165, 1.54) is 12.1 Å². The maximum absolute atomic E-state index is 12.3. The minimum absolute atomic E-state index is 0.0563. The molecule has 0 amide bonds. The summed E-state index contributed by atoms with van der Waals surface area (Å²) in [5.41, 5.74) is 1.46. The lowest BCUT2D eigenvalue weighted by Gasteiger charge is -2.15. The Kier molecular flexibility index (Phi) is 5.00. The van der Waals surface area contributed by atoms with Crippen molar-refractivity contribution in [3.8, 4) is 5.75 Å². The van der Waals surface area contributed by atoms with Gasteiger partial charge in [-0.2, -0.15) is 8.42 Å². The van der Waals surface area contributed by atoms with Crippen LogP contribution in [-0.4, -0.2) is 13.4 Å². The molecule has 22 heavy (non-hydrogen) atoms. The van der Waals surface area contributed by atoms with E-state index < -0.39 is 10.1 Å². The maximum atomic E-state index is 12.3. The fraction of sp³-hybridized carbons (Fsp3) is 0.267. The molecular weight excluding hydrogens is 345 g/mol. The Balaban J connectivity index is 2.45. The predicted molar refractivity (Wildman–Crippen MR) is 87.3 cm³/mol. The number of nitrogens with zero attached hydrogens (tertiary/aromatic N) is 1. The molecule has 0 saturated heterocycles. The van der Waals surface area contributed by atoms with E-state index in [2.05, 4.69) is 4.98 Å². The summed E-state index contributed by atoms with van der Waals surface area (Å²) in [5.74, 6) is 0.332. The molecular formula is C15H15Cl2NO3S. The van der Waals surface area contributed by atoms with Gasteiger partial charge in [-0.1, -0.05) is 37.0 Å². The molecule has 2 aromatic rings. The van der Waals surface area contributed by atoms with E-state index in [1.54, 1.807) is 19.1 Å². The predicted octanol–water partition coefficient (Wildman–Crippen LogP) is 4.59. The van der Waals surface area contributed by atoms with Gasteiger partial charge in [-0.3, -0.25) is 0 Å². The van der Waals surface area contributed by atoms with Crippen LogP contribution in [0.5, 0.6) is 5.75 Å². The summed E-state index contributed by atoms with van der Waals surface area (Å²) in [6.45, 7) is 5.66. The second-order valence-corrected chi connectivity index (χ2v) is 7.49. The second kappa shape index (κ2) is 6.44. The van der Waals surface area contributed by atoms with Gasteiger partial charge in [0.05, 0.1) is 6.20 Å². The first-order valence-corrected chi connectivity index (χ1v) is 8.73. The monoisotopic (exact) mass is 359 g/mol. The van der Waals surface area contributed by atoms with Gasteiger partial charge in [0.25, 0.3) is 0 Å². The SMILES string of the molecule is Cc1cc(OS(=O)(=O)c2ccc(Cl)nc2)c(C(C)C)cc1Cl. The van der Waals surface area contributed by atoms with Crippen molar-refractivity contribution in [1.82, 2.24) is 4.98 Å². The van der Waals surface area contributed by atoms with Crippen molar-refractivity contribution in [2.24, 2.45) is 0 Å². The largest absolute Gasteiger partial charge is 0.379 e. The van der Waals surface area contributed by atoms with Crippen LogP contribution < -0.4 is 4.18 Å². The Morgan fingerprint density at radius 1 is 1.18 bits per heavy atom. The van der Waals surface area contributed by atoms with Crippen LogP contribution in [0.15, 0.2) is 35.4 Å². The summed E-state index contributed by atoms with van der Waals surface area (Å²) in [7, 11) is -3.98. The van der Waals surface area contributed by atoms with E-state index in [-0.39, 0.29) is 21.7 Å². The molecule has 0 fully saturated rings. The van der Waals surface area contributed by atoms with Gasteiger partial charge >= 0.3 is 10.1 Å². The minimum Gasteiger partial charge on any atom is -0.379 e. The Morgan fingerprint density at radius 3 is 2.41 bits per heavy atom. The molecule has 7 heteroatoms. The van der Waals surface area contributed by atoms with Gasteiger partial charge in [-0.05, 0) is 48.2 Å². The number of rotatable bonds is 4. The third-order valence-corrected chi connectivity index (χ3v) is 4.95. The summed E-state index contributed by atoms with van der Waals surface area (Å²) in [4.78, 5) is 3.71. The van der Waals surface area contributed by atoms with Crippen LogP contribution in [0.4, 0.5) is 0 Å². The highest BCUT2D eigenvalue weighted by atomic mass is 35.5. The van der Waals surface area contributed by atoms with Crippen LogP contribution in [0.2, 0.25) is 10.2 Å². The maximum Gasteiger partial charge on any atom is 0.340 e. The highest BCUT2D eigenvalue weighted by Gasteiger charge is 2.21. The van der Waals surface area contributed by atoms with E-state index in [0.29, 0.717) is 5.02 Å². The highest BCUT2D eigenvalue weighted by Crippen LogP contribution is 2.33. The van der Waals surface area contributed by atoms with Crippen molar-refractivity contribution >= 4 is 33.3 Å². The molecule has 1 aromatic heterocycles. The van der Waals surface area contributed by atoms with Crippen molar-refractivity contribution in [3.05, 3.63) is 51.8 Å². The molecule has 0 atom stereocenters. The molecule has 0 spiro atoms. The number of hydrogen-bond donors (Lipinski definition) is 0. The zero-order chi connectivity index (χ0) is 16.5. The molecule has 0 aliphatic rings. The zero-order valence-corrected chi connectivity index (χ0v) is 14.6. The molecule has 1 aromatic carbocycles. The molecule has 0 unspecified atom stereocenters. The molecule has 1 heterocycles. The number of benzene rings is 1. The molecule has 0 aliphatic heterocycles. The third-order valence-electron chi connectivity index (χ3n) is 3.10. The van der Waals surface area contributed by atoms with Crippen molar-refractivity contribution < 1.29 is 12.6 Å². The lowest BCUT2D eigenvalue weighted by atomic mass is 10.0. The lowest BCUT2D eigenvalue weighted by molar-refractivity contribution is 0.480. The van der Waals surface area contributed by atoms with Crippen molar-refractivity contribution in [2.75, 3.05) is 0 Å². The van der Waals surface area contributed by atoms with Gasteiger partial charge < -0.3 is 4.18 Å². The van der Waals surface area contributed by atoms with Gasteiger partial charge in [0.1, 0.15) is 15.8 Å². The van der Waals surface area contributed by atoms with E-state index in [0.717, 1.165) is 17.3 Å². The van der Waals surface area contributed by atoms with Crippen LogP contribution in [0.25, 0.3) is 0 Å². The number of aryl methyl sites for hydroxylation is 1. The van der Waals surface area contributed by atoms with E-state index >= 15 is 0 Å². The highest BCUT2D eigenvalue weighted by molar-refractivity contribution is 7.87. The van der Waals surface area contributed by atoms with Crippen LogP contribution in [0.3, 0.4) is 0 Å². The van der Waals surface area contributed by atoms with Crippen LogP contribution in [0.1, 0.15) is 30.9 Å². The molecule has 0 aliphatic carbocycles. The van der Waals surface area contributed by atoms with Crippen LogP contribution >= 0.6 is 23.2 Å². The standard InChI is InChI=1S/C15H15Cl2NO3S/c1-9(2)12-7-13(16)10(3)6-14(12)21-22(19,20)11-4-5-15(17)18-8-11/h4-9H,1-3H3. The summed E-state index contributed by atoms with van der Waals surface area (Å²) in [6, 6.07) is 6.10. The van der Waals surface area contributed by atoms with Gasteiger partial charge in [-0.25, -0.2) is 4.98 Å². The molecule has 2 rings (SSSR count). The number of aromatic nitrogens is 1. The molecule has 118 valence electrons. The van der Waals surface area contributed by atoms with Crippen LogP contribution in [-0.2, 0) is 10.1 Å². The summed E-state index contributed by atoms with van der Waals surface area (Å²) < 4.78 is 30.0. The number of halogens is 2. The fourth-order valence-corrected chi connectivity index (χ4v) is 3.05. The molecule has 0 bridgehead atoms. The van der Waals surface area contributed by atoms with Gasteiger partial charge in [-0.15, -0.1) is 0 Å². The van der Waals surface area contributed by atoms with Gasteiger partial charge in [0.15, 0.2) is 0 Å². The van der Waals surface area contributed by atoms with Gasteiger partial charge in [0, 0.05) is 5.02 Å². The first-order chi connectivity index (χ1) is 10.2. The number of pyridine rings is 1. The third kappa shape index (κ3) is 3.72. The summed E-state index contributed by atoms with van der Waals surface area (Å²) >= 11 is 11.8. The lowest BCUT2D eigenvalue weighted by Crippen LogP contribution is -2.12. The molecule has 0 N–H and O–H groups in total. The molecule has 4 nitrogen and oxygen atoms in total. The Morgan fingerprint density at radius 2 is 1.86 bits per heavy atom. The van der Waals surface area contributed by atoms with Crippen molar-refractivity contribution in [3.63, 3.8) is 0 Å². The average Bonchev–Trinajstić information content (AvgIpc) is 2.42. The van der Waals surface area contributed by atoms with Gasteiger partial charge in [0.2, 0.25) is 0 Å². The zero-order valence-electron chi connectivity index (χ0n) is 12.3. The first kappa shape index (κ1) is 17.1. The van der Waals surface area contributed by atoms with E-state index in [4.69, 9.17) is 27.4 Å². The normalized spacial score (nSPS) is 11.7. The van der Waals surface area contributed by atoms with Crippen molar-refractivity contribution in [1.29, 1.82) is 0 Å². The number of hydrogen-bond acceptors (Lipinski definition) is 4. The average molecular weight is 360 g/mol. The smallest absolute Gasteiger partial charge is 0.340 e. The first-order valence-electron chi connectivity index (χ1n) is 6.57. The minimum atomic E-state index is -3.98. The van der Waals surface area contributed by atoms with Crippen LogP contribution in [0, 0.1) is 6.92 Å².